The smallest absolute Gasteiger partial charge is 0.409 e. The van der Waals surface area contributed by atoms with Crippen molar-refractivity contribution in [3.63, 3.8) is 0 Å². The SMILES string of the molecule is CCOC(=O)N1CCN(S(=O)(=O)c2ccc(C(=O)N(Cc3ccccc3)c3nc4c(F)cccc4s3)cc2)CC1. The standard InChI is InChI=1S/C28H27FN4O5S2/c1-2-38-28(35)31-15-17-32(18-16-31)40(36,37)22-13-11-21(12-14-22)26(34)33(19-20-7-4-3-5-8-20)27-30-25-23(29)9-6-10-24(25)39-27/h3-14H,2,15-19H2,1H3. The number of aromatic nitrogens is 1. The van der Waals surface area contributed by atoms with Gasteiger partial charge in [0.05, 0.1) is 22.7 Å². The Morgan fingerprint density at radius 1 is 0.975 bits per heavy atom. The number of para-hydroxylation sites is 1. The maximum atomic E-state index is 14.4. The highest BCUT2D eigenvalue weighted by atomic mass is 32.2. The molecule has 1 saturated heterocycles. The second kappa shape index (κ2) is 11.7. The van der Waals surface area contributed by atoms with Crippen LogP contribution in [0.3, 0.4) is 0 Å². The van der Waals surface area contributed by atoms with Crippen LogP contribution in [0.25, 0.3) is 10.2 Å². The minimum Gasteiger partial charge on any atom is -0.450 e. The molecule has 3 aromatic carbocycles. The molecular formula is C28H27FN4O5S2. The van der Waals surface area contributed by atoms with Crippen LogP contribution < -0.4 is 4.90 Å². The molecule has 0 aliphatic carbocycles. The lowest BCUT2D eigenvalue weighted by Crippen LogP contribution is -2.50. The second-order valence-corrected chi connectivity index (χ2v) is 12.0. The zero-order chi connectivity index (χ0) is 28.3. The number of carbonyl (C=O) groups is 2. The molecule has 12 heteroatoms. The third-order valence-corrected chi connectivity index (χ3v) is 9.48. The van der Waals surface area contributed by atoms with Gasteiger partial charge in [0.25, 0.3) is 5.91 Å². The molecular weight excluding hydrogens is 555 g/mol. The molecule has 0 radical (unpaired) electrons. The van der Waals surface area contributed by atoms with Crippen LogP contribution in [0.4, 0.5) is 14.3 Å². The molecule has 2 heterocycles. The number of benzene rings is 3. The van der Waals surface area contributed by atoms with Gasteiger partial charge in [-0.3, -0.25) is 9.69 Å². The topological polar surface area (TPSA) is 100 Å². The zero-order valence-electron chi connectivity index (χ0n) is 21.7. The number of piperazine rings is 1. The summed E-state index contributed by atoms with van der Waals surface area (Å²) in [5.41, 5.74) is 1.32. The van der Waals surface area contributed by atoms with Crippen LogP contribution in [0, 0.1) is 5.82 Å². The van der Waals surface area contributed by atoms with E-state index in [4.69, 9.17) is 4.74 Å². The highest BCUT2D eigenvalue weighted by Gasteiger charge is 2.31. The lowest BCUT2D eigenvalue weighted by atomic mass is 10.1. The Kier molecular flexibility index (Phi) is 8.10. The first-order valence-corrected chi connectivity index (χ1v) is 15.0. The van der Waals surface area contributed by atoms with E-state index in [1.165, 1.54) is 55.8 Å². The maximum Gasteiger partial charge on any atom is 0.409 e. The summed E-state index contributed by atoms with van der Waals surface area (Å²) >= 11 is 1.21. The van der Waals surface area contributed by atoms with Crippen molar-refractivity contribution in [2.45, 2.75) is 18.4 Å². The fourth-order valence-corrected chi connectivity index (χ4v) is 6.81. The van der Waals surface area contributed by atoms with Gasteiger partial charge in [0.15, 0.2) is 5.13 Å². The largest absolute Gasteiger partial charge is 0.450 e. The van der Waals surface area contributed by atoms with Gasteiger partial charge in [-0.25, -0.2) is 22.6 Å². The summed E-state index contributed by atoms with van der Waals surface area (Å²) in [6, 6.07) is 19.8. The molecule has 0 unspecified atom stereocenters. The predicted molar refractivity (Wildman–Crippen MR) is 150 cm³/mol. The van der Waals surface area contributed by atoms with E-state index >= 15 is 0 Å². The van der Waals surface area contributed by atoms with Crippen molar-refractivity contribution < 1.29 is 27.1 Å². The highest BCUT2D eigenvalue weighted by molar-refractivity contribution is 7.89. The Hall–Kier alpha value is -3.87. The number of anilines is 1. The molecule has 2 amide bonds. The van der Waals surface area contributed by atoms with Crippen LogP contribution in [0.5, 0.6) is 0 Å². The number of amides is 2. The van der Waals surface area contributed by atoms with Crippen LogP contribution in [-0.4, -0.2) is 67.4 Å². The molecule has 208 valence electrons. The Balaban J connectivity index is 1.38. The van der Waals surface area contributed by atoms with Crippen LogP contribution in [-0.2, 0) is 21.3 Å². The van der Waals surface area contributed by atoms with E-state index in [2.05, 4.69) is 4.98 Å². The van der Waals surface area contributed by atoms with Crippen molar-refractivity contribution in [1.29, 1.82) is 0 Å². The van der Waals surface area contributed by atoms with Crippen LogP contribution in [0.1, 0.15) is 22.8 Å². The number of halogens is 1. The van der Waals surface area contributed by atoms with E-state index in [-0.39, 0.29) is 55.3 Å². The van der Waals surface area contributed by atoms with Crippen molar-refractivity contribution in [3.05, 3.63) is 89.7 Å². The molecule has 0 N–H and O–H groups in total. The molecule has 4 aromatic rings. The Morgan fingerprint density at radius 3 is 2.33 bits per heavy atom. The summed E-state index contributed by atoms with van der Waals surface area (Å²) in [6.07, 6.45) is -0.460. The van der Waals surface area contributed by atoms with E-state index in [0.717, 1.165) is 5.56 Å². The molecule has 0 spiro atoms. The van der Waals surface area contributed by atoms with Gasteiger partial charge < -0.3 is 9.64 Å². The number of ether oxygens (including phenoxy) is 1. The van der Waals surface area contributed by atoms with Crippen LogP contribution >= 0.6 is 11.3 Å². The number of sulfonamides is 1. The monoisotopic (exact) mass is 582 g/mol. The molecule has 1 fully saturated rings. The van der Waals surface area contributed by atoms with E-state index in [1.807, 2.05) is 30.3 Å². The predicted octanol–water partition coefficient (Wildman–Crippen LogP) is 4.75. The Labute approximate surface area is 235 Å². The lowest BCUT2D eigenvalue weighted by Gasteiger charge is -2.33. The van der Waals surface area contributed by atoms with E-state index < -0.39 is 27.8 Å². The molecule has 1 aromatic heterocycles. The summed E-state index contributed by atoms with van der Waals surface area (Å²) < 4.78 is 47.8. The first-order chi connectivity index (χ1) is 19.3. The molecule has 5 rings (SSSR count). The Bertz CT molecular complexity index is 1620. The van der Waals surface area contributed by atoms with Gasteiger partial charge >= 0.3 is 6.09 Å². The van der Waals surface area contributed by atoms with Crippen molar-refractivity contribution in [2.75, 3.05) is 37.7 Å². The fourth-order valence-electron chi connectivity index (χ4n) is 4.41. The third-order valence-electron chi connectivity index (χ3n) is 6.52. The first-order valence-electron chi connectivity index (χ1n) is 12.7. The molecule has 9 nitrogen and oxygen atoms in total. The van der Waals surface area contributed by atoms with Gasteiger partial charge in [0.1, 0.15) is 11.3 Å². The molecule has 0 atom stereocenters. The number of thiazole rings is 1. The van der Waals surface area contributed by atoms with Gasteiger partial charge in [-0.05, 0) is 48.9 Å². The highest BCUT2D eigenvalue weighted by Crippen LogP contribution is 2.32. The summed E-state index contributed by atoms with van der Waals surface area (Å²) in [5.74, 6) is -0.861. The summed E-state index contributed by atoms with van der Waals surface area (Å²) in [7, 11) is -3.83. The van der Waals surface area contributed by atoms with Crippen LogP contribution in [0.2, 0.25) is 0 Å². The number of hydrogen-bond donors (Lipinski definition) is 0. The lowest BCUT2D eigenvalue weighted by molar-refractivity contribution is 0.0933. The van der Waals surface area contributed by atoms with E-state index in [1.54, 1.807) is 19.1 Å². The number of nitrogens with zero attached hydrogens (tertiary/aromatic N) is 4. The summed E-state index contributed by atoms with van der Waals surface area (Å²) in [6.45, 7) is 2.90. The maximum absolute atomic E-state index is 14.4. The van der Waals surface area contributed by atoms with E-state index in [9.17, 15) is 22.4 Å². The molecule has 0 saturated carbocycles. The van der Waals surface area contributed by atoms with Gasteiger partial charge in [-0.1, -0.05) is 47.7 Å². The molecule has 1 aliphatic heterocycles. The van der Waals surface area contributed by atoms with Crippen LogP contribution in [0.15, 0.2) is 77.7 Å². The van der Waals surface area contributed by atoms with Crippen molar-refractivity contribution in [1.82, 2.24) is 14.2 Å². The van der Waals surface area contributed by atoms with Gasteiger partial charge in [0, 0.05) is 31.7 Å². The van der Waals surface area contributed by atoms with Gasteiger partial charge in [-0.2, -0.15) is 4.31 Å². The van der Waals surface area contributed by atoms with Crippen molar-refractivity contribution in [2.24, 2.45) is 0 Å². The average molecular weight is 583 g/mol. The minimum atomic E-state index is -3.83. The molecule has 0 bridgehead atoms. The average Bonchev–Trinajstić information content (AvgIpc) is 3.42. The quantitative estimate of drug-likeness (QED) is 0.312. The van der Waals surface area contributed by atoms with Gasteiger partial charge in [0.2, 0.25) is 10.0 Å². The number of carbonyl (C=O) groups excluding carboxylic acids is 2. The minimum absolute atomic E-state index is 0.0466. The first kappa shape index (κ1) is 27.7. The van der Waals surface area contributed by atoms with Gasteiger partial charge in [-0.15, -0.1) is 0 Å². The van der Waals surface area contributed by atoms with Crippen molar-refractivity contribution in [3.8, 4) is 0 Å². The number of hydrogen-bond acceptors (Lipinski definition) is 7. The van der Waals surface area contributed by atoms with Crippen molar-refractivity contribution >= 4 is 48.7 Å². The summed E-state index contributed by atoms with van der Waals surface area (Å²) in [4.78, 5) is 33.1. The third kappa shape index (κ3) is 5.69. The fraction of sp³-hybridized carbons (Fsp3) is 0.250. The van der Waals surface area contributed by atoms with E-state index in [0.29, 0.717) is 9.83 Å². The zero-order valence-corrected chi connectivity index (χ0v) is 23.3. The molecule has 40 heavy (non-hydrogen) atoms. The number of rotatable bonds is 7. The number of fused-ring (bicyclic) bond motifs is 1. The summed E-state index contributed by atoms with van der Waals surface area (Å²) in [5, 5.41) is 0.338. The second-order valence-electron chi connectivity index (χ2n) is 9.07. The molecule has 1 aliphatic rings. The Morgan fingerprint density at radius 2 is 1.68 bits per heavy atom. The normalized spacial score (nSPS) is 14.3.